The number of thioether (sulfide) groups is 1. The summed E-state index contributed by atoms with van der Waals surface area (Å²) in [5, 5.41) is 0.643. The minimum atomic E-state index is -0.127. The molecule has 0 atom stereocenters. The molecule has 30 heavy (non-hydrogen) atoms. The summed E-state index contributed by atoms with van der Waals surface area (Å²) < 4.78 is 13.0. The van der Waals surface area contributed by atoms with Crippen LogP contribution in [0.5, 0.6) is 11.5 Å². The zero-order valence-corrected chi connectivity index (χ0v) is 20.2. The van der Waals surface area contributed by atoms with Crippen LogP contribution in [0.4, 0.5) is 0 Å². The first kappa shape index (κ1) is 22.9. The molecule has 0 N–H and O–H groups in total. The van der Waals surface area contributed by atoms with E-state index in [1.807, 2.05) is 43.3 Å². The highest BCUT2D eigenvalue weighted by atomic mass is 79.9. The lowest BCUT2D eigenvalue weighted by atomic mass is 10.1. The zero-order chi connectivity index (χ0) is 21.7. The zero-order valence-electron chi connectivity index (χ0n) is 16.2. The van der Waals surface area contributed by atoms with Crippen LogP contribution in [0.15, 0.2) is 58.4 Å². The van der Waals surface area contributed by atoms with E-state index in [2.05, 4.69) is 22.5 Å². The smallest absolute Gasteiger partial charge is 0.266 e. The fraction of sp³-hybridized carbons (Fsp3) is 0.182. The third-order valence-electron chi connectivity index (χ3n) is 4.14. The lowest BCUT2D eigenvalue weighted by molar-refractivity contribution is -0.121. The van der Waals surface area contributed by atoms with Crippen LogP contribution in [-0.4, -0.2) is 28.3 Å². The van der Waals surface area contributed by atoms with Crippen molar-refractivity contribution >= 4 is 67.8 Å². The van der Waals surface area contributed by atoms with Gasteiger partial charge in [0.1, 0.15) is 10.9 Å². The van der Waals surface area contributed by atoms with Gasteiger partial charge in [-0.05, 0) is 52.7 Å². The molecule has 2 aromatic carbocycles. The highest BCUT2D eigenvalue weighted by Gasteiger charge is 2.31. The van der Waals surface area contributed by atoms with Crippen LogP contribution < -0.4 is 9.47 Å². The molecule has 0 spiro atoms. The minimum absolute atomic E-state index is 0.127. The number of rotatable bonds is 8. The van der Waals surface area contributed by atoms with Crippen LogP contribution in [0.3, 0.4) is 0 Å². The van der Waals surface area contributed by atoms with Crippen molar-refractivity contribution in [3.05, 3.63) is 74.6 Å². The first-order valence-corrected chi connectivity index (χ1v) is 11.5. The van der Waals surface area contributed by atoms with Crippen molar-refractivity contribution in [2.45, 2.75) is 13.5 Å². The summed E-state index contributed by atoms with van der Waals surface area (Å²) in [4.78, 5) is 14.7. The van der Waals surface area contributed by atoms with Crippen molar-refractivity contribution < 1.29 is 14.3 Å². The monoisotopic (exact) mass is 523 g/mol. The van der Waals surface area contributed by atoms with E-state index >= 15 is 0 Å². The molecule has 2 aromatic rings. The second-order valence-electron chi connectivity index (χ2n) is 6.22. The van der Waals surface area contributed by atoms with Crippen molar-refractivity contribution in [1.82, 2.24) is 4.90 Å². The fourth-order valence-electron chi connectivity index (χ4n) is 2.78. The van der Waals surface area contributed by atoms with Crippen molar-refractivity contribution in [1.29, 1.82) is 0 Å². The van der Waals surface area contributed by atoms with E-state index in [0.29, 0.717) is 50.0 Å². The Morgan fingerprint density at radius 1 is 1.30 bits per heavy atom. The van der Waals surface area contributed by atoms with Gasteiger partial charge in [-0.15, -0.1) is 6.58 Å². The van der Waals surface area contributed by atoms with Crippen molar-refractivity contribution in [2.24, 2.45) is 0 Å². The van der Waals surface area contributed by atoms with E-state index in [4.69, 9.17) is 33.3 Å². The van der Waals surface area contributed by atoms with E-state index < -0.39 is 0 Å². The number of ether oxygens (including phenoxy) is 2. The SMILES string of the molecule is C=CCN1C(=O)/C(=C/c2cc(Br)c(OCc3ccccc3Cl)c(OCC)c2)SC1=S. The van der Waals surface area contributed by atoms with Crippen LogP contribution in [-0.2, 0) is 11.4 Å². The summed E-state index contributed by atoms with van der Waals surface area (Å²) in [6, 6.07) is 11.2. The number of carbonyl (C=O) groups excluding carboxylic acids is 1. The van der Waals surface area contributed by atoms with E-state index in [-0.39, 0.29) is 5.91 Å². The first-order valence-electron chi connectivity index (χ1n) is 9.13. The Hall–Kier alpha value is -1.80. The van der Waals surface area contributed by atoms with Crippen LogP contribution in [0.25, 0.3) is 6.08 Å². The Morgan fingerprint density at radius 3 is 2.77 bits per heavy atom. The lowest BCUT2D eigenvalue weighted by Gasteiger charge is -2.15. The molecule has 0 bridgehead atoms. The quantitative estimate of drug-likeness (QED) is 0.225. The Kier molecular flexibility index (Phi) is 7.99. The Balaban J connectivity index is 1.88. The predicted octanol–water partition coefficient (Wildman–Crippen LogP) is 6.47. The van der Waals surface area contributed by atoms with Crippen LogP contribution in [0, 0.1) is 0 Å². The van der Waals surface area contributed by atoms with Crippen LogP contribution >= 0.6 is 51.5 Å². The Morgan fingerprint density at radius 2 is 2.07 bits per heavy atom. The van der Waals surface area contributed by atoms with E-state index in [1.54, 1.807) is 12.2 Å². The second kappa shape index (κ2) is 10.5. The lowest BCUT2D eigenvalue weighted by Crippen LogP contribution is -2.27. The molecule has 1 saturated heterocycles. The predicted molar refractivity (Wildman–Crippen MR) is 131 cm³/mol. The van der Waals surface area contributed by atoms with Gasteiger partial charge in [0, 0.05) is 17.1 Å². The van der Waals surface area contributed by atoms with Crippen molar-refractivity contribution in [3.8, 4) is 11.5 Å². The third kappa shape index (κ3) is 5.27. The molecule has 1 amide bonds. The molecular weight excluding hydrogens is 506 g/mol. The van der Waals surface area contributed by atoms with Gasteiger partial charge < -0.3 is 9.47 Å². The molecule has 1 heterocycles. The normalized spacial score (nSPS) is 15.0. The van der Waals surface area contributed by atoms with Crippen molar-refractivity contribution in [2.75, 3.05) is 13.2 Å². The molecule has 1 fully saturated rings. The van der Waals surface area contributed by atoms with E-state index in [9.17, 15) is 4.79 Å². The topological polar surface area (TPSA) is 38.8 Å². The van der Waals surface area contributed by atoms with E-state index in [0.717, 1.165) is 11.1 Å². The van der Waals surface area contributed by atoms with Gasteiger partial charge in [-0.3, -0.25) is 9.69 Å². The molecule has 0 aliphatic carbocycles. The fourth-order valence-corrected chi connectivity index (χ4v) is 4.82. The maximum Gasteiger partial charge on any atom is 0.266 e. The number of hydrogen-bond acceptors (Lipinski definition) is 5. The molecule has 8 heteroatoms. The Labute approximate surface area is 199 Å². The second-order valence-corrected chi connectivity index (χ2v) is 9.16. The van der Waals surface area contributed by atoms with Crippen molar-refractivity contribution in [3.63, 3.8) is 0 Å². The number of carbonyl (C=O) groups is 1. The summed E-state index contributed by atoms with van der Waals surface area (Å²) in [6.07, 6.45) is 3.45. The third-order valence-corrected chi connectivity index (χ3v) is 6.48. The molecule has 3 rings (SSSR count). The first-order chi connectivity index (χ1) is 14.4. The number of hydrogen-bond donors (Lipinski definition) is 0. The number of benzene rings is 2. The molecule has 0 aromatic heterocycles. The van der Waals surface area contributed by atoms with Gasteiger partial charge in [-0.2, -0.15) is 0 Å². The Bertz CT molecular complexity index is 1030. The number of thiocarbonyl (C=S) groups is 1. The molecule has 0 unspecified atom stereocenters. The largest absolute Gasteiger partial charge is 0.490 e. The molecular formula is C22H19BrClNO3S2. The van der Waals surface area contributed by atoms with Gasteiger partial charge >= 0.3 is 0 Å². The molecule has 0 radical (unpaired) electrons. The van der Waals surface area contributed by atoms with Gasteiger partial charge in [0.2, 0.25) is 0 Å². The number of nitrogens with zero attached hydrogens (tertiary/aromatic N) is 1. The van der Waals surface area contributed by atoms with Crippen LogP contribution in [0.1, 0.15) is 18.1 Å². The average Bonchev–Trinajstić information content (AvgIpc) is 2.96. The van der Waals surface area contributed by atoms with Gasteiger partial charge in [-0.1, -0.05) is 59.9 Å². The van der Waals surface area contributed by atoms with E-state index in [1.165, 1.54) is 16.7 Å². The minimum Gasteiger partial charge on any atom is -0.490 e. The maximum absolute atomic E-state index is 12.6. The highest BCUT2D eigenvalue weighted by molar-refractivity contribution is 9.10. The van der Waals surface area contributed by atoms with Gasteiger partial charge in [0.05, 0.1) is 16.0 Å². The summed E-state index contributed by atoms with van der Waals surface area (Å²) in [5.74, 6) is 1.03. The molecule has 1 aliphatic rings. The molecule has 1 aliphatic heterocycles. The maximum atomic E-state index is 12.6. The van der Waals surface area contributed by atoms with Gasteiger partial charge in [0.15, 0.2) is 11.5 Å². The molecule has 0 saturated carbocycles. The molecule has 156 valence electrons. The number of amides is 1. The summed E-state index contributed by atoms with van der Waals surface area (Å²) in [6.45, 7) is 6.74. The average molecular weight is 525 g/mol. The number of halogens is 2. The van der Waals surface area contributed by atoms with Gasteiger partial charge in [-0.25, -0.2) is 0 Å². The summed E-state index contributed by atoms with van der Waals surface area (Å²) in [5.41, 5.74) is 1.68. The molecule has 4 nitrogen and oxygen atoms in total. The summed E-state index contributed by atoms with van der Waals surface area (Å²) in [7, 11) is 0. The standard InChI is InChI=1S/C22H19BrClNO3S2/c1-3-9-25-21(26)19(30-22(25)29)12-14-10-16(23)20(18(11-14)27-4-2)28-13-15-7-5-6-8-17(15)24/h3,5-8,10-12H,1,4,9,13H2,2H3/b19-12-. The van der Waals surface area contributed by atoms with Crippen LogP contribution in [0.2, 0.25) is 5.02 Å². The van der Waals surface area contributed by atoms with Gasteiger partial charge in [0.25, 0.3) is 5.91 Å². The summed E-state index contributed by atoms with van der Waals surface area (Å²) >= 11 is 16.4. The highest BCUT2D eigenvalue weighted by Crippen LogP contribution is 2.40.